The van der Waals surface area contributed by atoms with E-state index in [0.29, 0.717) is 5.92 Å². The first-order valence-electron chi connectivity index (χ1n) is 4.60. The van der Waals surface area contributed by atoms with E-state index in [1.165, 1.54) is 0 Å². The van der Waals surface area contributed by atoms with Crippen molar-refractivity contribution in [3.8, 4) is 0 Å². The van der Waals surface area contributed by atoms with Crippen LogP contribution >= 0.6 is 0 Å². The quantitative estimate of drug-likeness (QED) is 0.788. The van der Waals surface area contributed by atoms with Gasteiger partial charge in [-0.1, -0.05) is 19.9 Å². The Labute approximate surface area is 89.9 Å². The zero-order valence-corrected chi connectivity index (χ0v) is 9.58. The number of hydrogen-bond donors (Lipinski definition) is 2. The lowest BCUT2D eigenvalue weighted by Crippen LogP contribution is -2.30. The maximum atomic E-state index is 10.6. The highest BCUT2D eigenvalue weighted by molar-refractivity contribution is 7.87. The van der Waals surface area contributed by atoms with Crippen LogP contribution in [-0.4, -0.2) is 13.4 Å². The van der Waals surface area contributed by atoms with Crippen molar-refractivity contribution < 1.29 is 8.42 Å². The molecule has 1 rings (SSSR count). The van der Waals surface area contributed by atoms with E-state index in [1.807, 2.05) is 26.0 Å². The second-order valence-electron chi connectivity index (χ2n) is 3.61. The summed E-state index contributed by atoms with van der Waals surface area (Å²) in [6, 6.07) is 3.71. The Morgan fingerprint density at radius 3 is 2.53 bits per heavy atom. The highest BCUT2D eigenvalue weighted by atomic mass is 32.2. The Hall–Kier alpha value is -0.980. The maximum Gasteiger partial charge on any atom is 0.274 e. The first kappa shape index (κ1) is 12.1. The minimum Gasteiger partial charge on any atom is -0.261 e. The van der Waals surface area contributed by atoms with Crippen LogP contribution in [0.15, 0.2) is 18.3 Å². The lowest BCUT2D eigenvalue weighted by atomic mass is 10.1. The van der Waals surface area contributed by atoms with Crippen LogP contribution in [0.25, 0.3) is 0 Å². The fourth-order valence-electron chi connectivity index (χ4n) is 1.07. The van der Waals surface area contributed by atoms with E-state index in [9.17, 15) is 8.42 Å². The van der Waals surface area contributed by atoms with Crippen LogP contribution < -0.4 is 9.86 Å². The van der Waals surface area contributed by atoms with Gasteiger partial charge in [-0.05, 0) is 17.5 Å². The Balaban J connectivity index is 2.65. The molecule has 0 atom stereocenters. The van der Waals surface area contributed by atoms with Gasteiger partial charge in [0.05, 0.1) is 0 Å². The summed E-state index contributed by atoms with van der Waals surface area (Å²) in [4.78, 5) is 4.20. The molecule has 1 aromatic heterocycles. The van der Waals surface area contributed by atoms with Gasteiger partial charge in [0.25, 0.3) is 10.2 Å². The van der Waals surface area contributed by atoms with Crippen molar-refractivity contribution in [1.29, 1.82) is 0 Å². The minimum atomic E-state index is -3.63. The Morgan fingerprint density at radius 1 is 1.47 bits per heavy atom. The Morgan fingerprint density at radius 2 is 2.13 bits per heavy atom. The zero-order valence-electron chi connectivity index (χ0n) is 8.77. The number of pyridine rings is 1. The molecule has 0 aliphatic rings. The molecule has 5 nitrogen and oxygen atoms in total. The van der Waals surface area contributed by atoms with Crippen LogP contribution in [0, 0.1) is 0 Å². The van der Waals surface area contributed by atoms with E-state index in [2.05, 4.69) is 9.71 Å². The van der Waals surface area contributed by atoms with Crippen molar-refractivity contribution in [2.24, 2.45) is 5.14 Å². The average Bonchev–Trinajstić information content (AvgIpc) is 2.14. The van der Waals surface area contributed by atoms with Crippen LogP contribution in [0.2, 0.25) is 0 Å². The predicted molar refractivity (Wildman–Crippen MR) is 58.3 cm³/mol. The topological polar surface area (TPSA) is 85.1 Å². The van der Waals surface area contributed by atoms with E-state index in [-0.39, 0.29) is 6.54 Å². The van der Waals surface area contributed by atoms with Gasteiger partial charge in [0.1, 0.15) is 0 Å². The summed E-state index contributed by atoms with van der Waals surface area (Å²) < 4.78 is 23.4. The summed E-state index contributed by atoms with van der Waals surface area (Å²) in [5.41, 5.74) is 1.77. The molecule has 0 aliphatic carbocycles. The molecule has 0 unspecified atom stereocenters. The summed E-state index contributed by atoms with van der Waals surface area (Å²) in [5.74, 6) is 0.366. The second-order valence-corrected chi connectivity index (χ2v) is 4.99. The first-order valence-corrected chi connectivity index (χ1v) is 6.15. The van der Waals surface area contributed by atoms with Crippen molar-refractivity contribution in [3.05, 3.63) is 29.6 Å². The average molecular weight is 229 g/mol. The highest BCUT2D eigenvalue weighted by Crippen LogP contribution is 2.11. The molecule has 6 heteroatoms. The standard InChI is InChI=1S/C9H15N3O2S/c1-7(2)9-4-3-8(5-11-9)6-12-15(10,13)14/h3-5,7,12H,6H2,1-2H3,(H2,10,13,14). The smallest absolute Gasteiger partial charge is 0.261 e. The van der Waals surface area contributed by atoms with Crippen LogP contribution in [0.4, 0.5) is 0 Å². The van der Waals surface area contributed by atoms with Gasteiger partial charge in [-0.25, -0.2) is 5.14 Å². The van der Waals surface area contributed by atoms with Gasteiger partial charge in [-0.15, -0.1) is 0 Å². The molecule has 0 aromatic carbocycles. The third-order valence-electron chi connectivity index (χ3n) is 1.92. The van der Waals surface area contributed by atoms with Gasteiger partial charge in [0.2, 0.25) is 0 Å². The molecule has 0 radical (unpaired) electrons. The monoisotopic (exact) mass is 229 g/mol. The maximum absolute atomic E-state index is 10.6. The number of rotatable bonds is 4. The van der Waals surface area contributed by atoms with Gasteiger partial charge in [-0.3, -0.25) is 4.98 Å². The van der Waals surface area contributed by atoms with Gasteiger partial charge in [-0.2, -0.15) is 13.1 Å². The van der Waals surface area contributed by atoms with Gasteiger partial charge in [0, 0.05) is 18.4 Å². The number of nitrogens with two attached hydrogens (primary N) is 1. The van der Waals surface area contributed by atoms with Crippen molar-refractivity contribution in [2.75, 3.05) is 0 Å². The molecule has 1 aromatic rings. The Bertz CT molecular complexity index is 411. The molecular formula is C9H15N3O2S. The fraction of sp³-hybridized carbons (Fsp3) is 0.444. The van der Waals surface area contributed by atoms with Crippen LogP contribution in [0.5, 0.6) is 0 Å². The minimum absolute atomic E-state index is 0.171. The SMILES string of the molecule is CC(C)c1ccc(CNS(N)(=O)=O)cn1. The summed E-state index contributed by atoms with van der Waals surface area (Å²) >= 11 is 0. The molecule has 0 saturated heterocycles. The third kappa shape index (κ3) is 4.37. The number of aromatic nitrogens is 1. The van der Waals surface area contributed by atoms with E-state index in [4.69, 9.17) is 5.14 Å². The molecule has 1 heterocycles. The van der Waals surface area contributed by atoms with E-state index in [1.54, 1.807) is 6.20 Å². The summed E-state index contributed by atoms with van der Waals surface area (Å²) in [7, 11) is -3.63. The molecule has 0 aliphatic heterocycles. The lowest BCUT2D eigenvalue weighted by Gasteiger charge is -2.05. The van der Waals surface area contributed by atoms with Crippen LogP contribution in [0.1, 0.15) is 31.0 Å². The molecule has 0 bridgehead atoms. The number of hydrogen-bond acceptors (Lipinski definition) is 3. The fourth-order valence-corrected chi connectivity index (χ4v) is 1.43. The zero-order chi connectivity index (χ0) is 11.5. The van der Waals surface area contributed by atoms with E-state index in [0.717, 1.165) is 11.3 Å². The van der Waals surface area contributed by atoms with Crippen molar-refractivity contribution >= 4 is 10.2 Å². The summed E-state index contributed by atoms with van der Waals surface area (Å²) in [5, 5.41) is 4.80. The predicted octanol–water partition coefficient (Wildman–Crippen LogP) is 0.498. The normalized spacial score (nSPS) is 12.0. The second kappa shape index (κ2) is 4.69. The molecule has 15 heavy (non-hydrogen) atoms. The van der Waals surface area contributed by atoms with Crippen molar-refractivity contribution in [2.45, 2.75) is 26.3 Å². The molecular weight excluding hydrogens is 214 g/mol. The molecule has 0 saturated carbocycles. The summed E-state index contributed by atoms with van der Waals surface area (Å²) in [6.07, 6.45) is 1.65. The van der Waals surface area contributed by atoms with Crippen LogP contribution in [-0.2, 0) is 16.8 Å². The van der Waals surface area contributed by atoms with Gasteiger partial charge < -0.3 is 0 Å². The van der Waals surface area contributed by atoms with Gasteiger partial charge in [0.15, 0.2) is 0 Å². The lowest BCUT2D eigenvalue weighted by molar-refractivity contribution is 0.583. The molecule has 3 N–H and O–H groups in total. The number of nitrogens with zero attached hydrogens (tertiary/aromatic N) is 1. The highest BCUT2D eigenvalue weighted by Gasteiger charge is 2.03. The molecule has 0 amide bonds. The van der Waals surface area contributed by atoms with Crippen molar-refractivity contribution in [3.63, 3.8) is 0 Å². The van der Waals surface area contributed by atoms with Crippen LogP contribution in [0.3, 0.4) is 0 Å². The summed E-state index contributed by atoms with van der Waals surface area (Å²) in [6.45, 7) is 4.26. The molecule has 0 fully saturated rings. The molecule has 84 valence electrons. The van der Waals surface area contributed by atoms with E-state index >= 15 is 0 Å². The van der Waals surface area contributed by atoms with Gasteiger partial charge >= 0.3 is 0 Å². The van der Waals surface area contributed by atoms with E-state index < -0.39 is 10.2 Å². The Kier molecular flexibility index (Phi) is 3.78. The van der Waals surface area contributed by atoms with Crippen molar-refractivity contribution in [1.82, 2.24) is 9.71 Å². The largest absolute Gasteiger partial charge is 0.274 e. The third-order valence-corrected chi connectivity index (χ3v) is 2.46. The first-order chi connectivity index (χ1) is 6.88. The molecule has 0 spiro atoms. The number of nitrogens with one attached hydrogen (secondary N) is 1.